The number of amides is 1. The molecule has 0 spiro atoms. The van der Waals surface area contributed by atoms with E-state index in [0.29, 0.717) is 19.4 Å². The Morgan fingerprint density at radius 3 is 1.97 bits per heavy atom. The number of carbonyl (C=O) groups is 2. The van der Waals surface area contributed by atoms with Crippen molar-refractivity contribution in [1.82, 2.24) is 4.90 Å². The zero-order chi connectivity index (χ0) is 28.9. The number of carboxylic acids is 1. The van der Waals surface area contributed by atoms with E-state index in [2.05, 4.69) is 33.9 Å². The molecule has 0 heterocycles. The summed E-state index contributed by atoms with van der Waals surface area (Å²) in [4.78, 5) is 26.6. The Morgan fingerprint density at radius 2 is 1.53 bits per heavy atom. The van der Waals surface area contributed by atoms with Crippen molar-refractivity contribution in [3.8, 4) is 0 Å². The zero-order valence-corrected chi connectivity index (χ0v) is 25.3. The number of rotatable bonds is 10. The van der Waals surface area contributed by atoms with E-state index >= 15 is 0 Å². The van der Waals surface area contributed by atoms with Crippen LogP contribution in [0.2, 0.25) is 18.1 Å². The van der Waals surface area contributed by atoms with Gasteiger partial charge in [0.25, 0.3) is 0 Å². The average molecular weight is 546 g/mol. The van der Waals surface area contributed by atoms with Gasteiger partial charge in [-0.05, 0) is 87.1 Å². The van der Waals surface area contributed by atoms with Crippen molar-refractivity contribution in [3.05, 3.63) is 71.0 Å². The highest BCUT2D eigenvalue weighted by molar-refractivity contribution is 6.74. The van der Waals surface area contributed by atoms with Crippen LogP contribution in [0, 0.1) is 5.82 Å². The summed E-state index contributed by atoms with van der Waals surface area (Å²) >= 11 is 0. The van der Waals surface area contributed by atoms with Gasteiger partial charge < -0.3 is 19.2 Å². The van der Waals surface area contributed by atoms with Crippen molar-refractivity contribution in [2.24, 2.45) is 0 Å². The van der Waals surface area contributed by atoms with E-state index in [1.54, 1.807) is 41.3 Å². The Morgan fingerprint density at radius 1 is 0.974 bits per heavy atom. The van der Waals surface area contributed by atoms with Gasteiger partial charge in [-0.3, -0.25) is 0 Å². The molecule has 210 valence electrons. The fourth-order valence-electron chi connectivity index (χ4n) is 3.89. The molecule has 1 N–H and O–H groups in total. The molecule has 8 heteroatoms. The maximum atomic E-state index is 13.9. The van der Waals surface area contributed by atoms with Gasteiger partial charge in [-0.15, -0.1) is 0 Å². The lowest BCUT2D eigenvalue weighted by atomic mass is 9.98. The smallest absolute Gasteiger partial charge is 0.410 e. The number of aromatic carboxylic acids is 1. The molecular weight excluding hydrogens is 501 g/mol. The number of carboxylic acid groups (broad SMARTS) is 1. The normalized spacial score (nSPS) is 14.1. The summed E-state index contributed by atoms with van der Waals surface area (Å²) in [5.41, 5.74) is 1.23. The largest absolute Gasteiger partial charge is 0.478 e. The molecule has 2 aromatic carbocycles. The highest BCUT2D eigenvalue weighted by Gasteiger charge is 2.43. The van der Waals surface area contributed by atoms with Crippen LogP contribution in [0.3, 0.4) is 0 Å². The highest BCUT2D eigenvalue weighted by Crippen LogP contribution is 2.42. The molecule has 38 heavy (non-hydrogen) atoms. The first-order chi connectivity index (χ1) is 17.4. The first-order valence-corrected chi connectivity index (χ1v) is 16.1. The fraction of sp³-hybridized carbons (Fsp3) is 0.533. The van der Waals surface area contributed by atoms with Crippen molar-refractivity contribution in [1.29, 1.82) is 0 Å². The number of hydrogen-bond acceptors (Lipinski definition) is 4. The zero-order valence-electron chi connectivity index (χ0n) is 24.3. The average Bonchev–Trinajstić information content (AvgIpc) is 2.79. The molecule has 0 unspecified atom stereocenters. The highest BCUT2D eigenvalue weighted by atomic mass is 28.4. The Balaban J connectivity index is 2.51. The maximum Gasteiger partial charge on any atom is 0.410 e. The van der Waals surface area contributed by atoms with Gasteiger partial charge in [0.05, 0.1) is 17.7 Å². The van der Waals surface area contributed by atoms with Crippen LogP contribution >= 0.6 is 0 Å². The second-order valence-corrected chi connectivity index (χ2v) is 17.0. The van der Waals surface area contributed by atoms with Gasteiger partial charge in [0.1, 0.15) is 11.4 Å². The van der Waals surface area contributed by atoms with E-state index in [-0.39, 0.29) is 22.5 Å². The molecule has 0 aromatic heterocycles. The molecule has 0 aliphatic carbocycles. The third-order valence-corrected chi connectivity index (χ3v) is 11.5. The summed E-state index contributed by atoms with van der Waals surface area (Å²) < 4.78 is 26.6. The number of carbonyl (C=O) groups excluding carboxylic acids is 1. The van der Waals surface area contributed by atoms with Crippen molar-refractivity contribution in [2.75, 3.05) is 6.54 Å². The SMILES string of the molecule is CC[C@H]([C@H](O[Si](C)(C)C(C)(C)C)c1ccc(F)cc1)N(CCc1ccc(C(=O)O)cc1)C(=O)OC(C)(C)C. The number of ether oxygens (including phenoxy) is 1. The van der Waals surface area contributed by atoms with E-state index < -0.39 is 32.1 Å². The topological polar surface area (TPSA) is 76.1 Å². The molecule has 0 aliphatic rings. The summed E-state index contributed by atoms with van der Waals surface area (Å²) in [5.74, 6) is -1.32. The number of benzene rings is 2. The van der Waals surface area contributed by atoms with Gasteiger partial charge in [0, 0.05) is 6.54 Å². The van der Waals surface area contributed by atoms with E-state index in [1.807, 2.05) is 27.7 Å². The number of hydrogen-bond donors (Lipinski definition) is 1. The standard InChI is InChI=1S/C30H44FNO5Si/c1-10-25(26(22-15-17-24(31)18-16-22)37-38(8,9)30(5,6)7)32(28(35)36-29(2,3)4)20-19-21-11-13-23(14-12-21)27(33)34/h11-18,25-26H,10,19-20H2,1-9H3,(H,33,34)/t25-,26-/m1/s1. The lowest BCUT2D eigenvalue weighted by molar-refractivity contribution is -0.00460. The van der Waals surface area contributed by atoms with E-state index in [4.69, 9.17) is 9.16 Å². The number of halogens is 1. The van der Waals surface area contributed by atoms with Crippen LogP contribution in [-0.2, 0) is 15.6 Å². The monoisotopic (exact) mass is 545 g/mol. The van der Waals surface area contributed by atoms with Gasteiger partial charge in [0.15, 0.2) is 8.32 Å². The summed E-state index contributed by atoms with van der Waals surface area (Å²) in [6.07, 6.45) is 0.167. The van der Waals surface area contributed by atoms with Crippen molar-refractivity contribution >= 4 is 20.4 Å². The second kappa shape index (κ2) is 12.4. The van der Waals surface area contributed by atoms with Crippen LogP contribution in [0.15, 0.2) is 48.5 Å². The van der Waals surface area contributed by atoms with Crippen LogP contribution in [0.4, 0.5) is 9.18 Å². The predicted molar refractivity (Wildman–Crippen MR) is 152 cm³/mol. The van der Waals surface area contributed by atoms with Crippen molar-refractivity contribution in [2.45, 2.75) is 97.2 Å². The van der Waals surface area contributed by atoms with Crippen LogP contribution in [0.1, 0.15) is 82.5 Å². The number of nitrogens with zero attached hydrogens (tertiary/aromatic N) is 1. The predicted octanol–water partition coefficient (Wildman–Crippen LogP) is 7.85. The minimum atomic E-state index is -2.30. The summed E-state index contributed by atoms with van der Waals surface area (Å²) in [5, 5.41) is 9.14. The van der Waals surface area contributed by atoms with Crippen LogP contribution in [0.25, 0.3) is 0 Å². The lowest BCUT2D eigenvalue weighted by Gasteiger charge is -2.44. The Labute approximate surface area is 228 Å². The third kappa shape index (κ3) is 8.66. The minimum absolute atomic E-state index is 0.0772. The summed E-state index contributed by atoms with van der Waals surface area (Å²) in [7, 11) is -2.30. The van der Waals surface area contributed by atoms with E-state index in [0.717, 1.165) is 11.1 Å². The Hall–Kier alpha value is -2.71. The summed E-state index contributed by atoms with van der Waals surface area (Å²) in [6.45, 7) is 18.7. The molecule has 6 nitrogen and oxygen atoms in total. The van der Waals surface area contributed by atoms with Crippen molar-refractivity contribution < 1.29 is 28.2 Å². The fourth-order valence-corrected chi connectivity index (χ4v) is 5.17. The third-order valence-electron chi connectivity index (χ3n) is 7.06. The first kappa shape index (κ1) is 31.5. The minimum Gasteiger partial charge on any atom is -0.478 e. The lowest BCUT2D eigenvalue weighted by Crippen LogP contribution is -2.51. The Bertz CT molecular complexity index is 1070. The molecule has 2 aromatic rings. The molecule has 2 rings (SSSR count). The van der Waals surface area contributed by atoms with Gasteiger partial charge in [0.2, 0.25) is 0 Å². The van der Waals surface area contributed by atoms with Gasteiger partial charge >= 0.3 is 12.1 Å². The molecule has 0 fully saturated rings. The van der Waals surface area contributed by atoms with E-state index in [1.165, 1.54) is 12.1 Å². The molecule has 2 atom stereocenters. The molecular formula is C30H44FNO5Si. The van der Waals surface area contributed by atoms with Crippen LogP contribution in [-0.4, -0.2) is 48.6 Å². The molecule has 1 amide bonds. The quantitative estimate of drug-likeness (QED) is 0.308. The van der Waals surface area contributed by atoms with Gasteiger partial charge in [-0.2, -0.15) is 0 Å². The van der Waals surface area contributed by atoms with Gasteiger partial charge in [-0.1, -0.05) is 52.0 Å². The maximum absolute atomic E-state index is 13.9. The second-order valence-electron chi connectivity index (χ2n) is 12.3. The molecule has 0 saturated carbocycles. The van der Waals surface area contributed by atoms with Crippen LogP contribution < -0.4 is 0 Å². The molecule has 0 bridgehead atoms. The van der Waals surface area contributed by atoms with Gasteiger partial charge in [-0.25, -0.2) is 14.0 Å². The molecule has 0 saturated heterocycles. The van der Waals surface area contributed by atoms with E-state index in [9.17, 15) is 19.1 Å². The summed E-state index contributed by atoms with van der Waals surface area (Å²) in [6, 6.07) is 12.6. The van der Waals surface area contributed by atoms with Crippen molar-refractivity contribution in [3.63, 3.8) is 0 Å². The Kier molecular flexibility index (Phi) is 10.3. The first-order valence-electron chi connectivity index (χ1n) is 13.2. The molecule has 0 radical (unpaired) electrons. The van der Waals surface area contributed by atoms with Crippen LogP contribution in [0.5, 0.6) is 0 Å². The molecule has 0 aliphatic heterocycles.